The number of ether oxygens (including phenoxy) is 1. The zero-order valence-corrected chi connectivity index (χ0v) is 9.49. The summed E-state index contributed by atoms with van der Waals surface area (Å²) in [5, 5.41) is 3.40. The molecule has 0 saturated carbocycles. The topological polar surface area (TPSA) is 30.8 Å². The number of benzene rings is 1. The van der Waals surface area contributed by atoms with E-state index in [0.29, 0.717) is 18.3 Å². The summed E-state index contributed by atoms with van der Waals surface area (Å²) in [6.45, 7) is 10.2. The van der Waals surface area contributed by atoms with E-state index in [0.717, 1.165) is 11.3 Å². The minimum atomic E-state index is 0.506. The van der Waals surface area contributed by atoms with Gasteiger partial charge >= 0.3 is 0 Å². The molecule has 82 valence electrons. The van der Waals surface area contributed by atoms with Gasteiger partial charge < -0.3 is 9.57 Å². The highest BCUT2D eigenvalue weighted by Gasteiger charge is 2.06. The second kappa shape index (κ2) is 5.39. The van der Waals surface area contributed by atoms with E-state index in [1.54, 1.807) is 0 Å². The van der Waals surface area contributed by atoms with Crippen LogP contribution in [0.4, 0.5) is 0 Å². The number of nitrogens with zero attached hydrogens (tertiary/aromatic N) is 1. The third kappa shape index (κ3) is 3.27. The molecule has 1 rings (SSSR count). The number of hydrogen-bond acceptors (Lipinski definition) is 3. The van der Waals surface area contributed by atoms with Crippen molar-refractivity contribution in [3.8, 4) is 11.5 Å². The molecule has 0 aliphatic heterocycles. The molecule has 0 heterocycles. The predicted octanol–water partition coefficient (Wildman–Crippen LogP) is 3.02. The third-order valence-corrected chi connectivity index (χ3v) is 1.97. The molecule has 0 aliphatic rings. The summed E-state index contributed by atoms with van der Waals surface area (Å²) in [6, 6.07) is 5.64. The van der Waals surface area contributed by atoms with E-state index in [2.05, 4.69) is 25.7 Å². The quantitative estimate of drug-likeness (QED) is 0.549. The second-order valence-electron chi connectivity index (χ2n) is 3.80. The van der Waals surface area contributed by atoms with Gasteiger partial charge in [0, 0.05) is 12.3 Å². The maximum Gasteiger partial charge on any atom is 0.164 e. The predicted molar refractivity (Wildman–Crippen MR) is 61.7 cm³/mol. The first kappa shape index (κ1) is 11.6. The Morgan fingerprint density at radius 3 is 2.60 bits per heavy atom. The molecule has 3 heteroatoms. The van der Waals surface area contributed by atoms with E-state index in [-0.39, 0.29) is 0 Å². The summed E-state index contributed by atoms with van der Waals surface area (Å²) in [4.78, 5) is 5.02. The van der Waals surface area contributed by atoms with Crippen molar-refractivity contribution in [3.05, 3.63) is 23.8 Å². The minimum absolute atomic E-state index is 0.506. The Morgan fingerprint density at radius 2 is 2.00 bits per heavy atom. The standard InChI is InChI=1S/C12H17NO2/c1-9(2)8-14-11-6-5-7-12(10(11)3)15-13-4/h5-7,9H,4,8H2,1-3H3. The molecule has 0 aromatic heterocycles. The molecule has 0 fully saturated rings. The van der Waals surface area contributed by atoms with Gasteiger partial charge in [-0.3, -0.25) is 0 Å². The van der Waals surface area contributed by atoms with Crippen molar-refractivity contribution in [3.63, 3.8) is 0 Å². The van der Waals surface area contributed by atoms with Crippen LogP contribution < -0.4 is 9.57 Å². The van der Waals surface area contributed by atoms with Crippen molar-refractivity contribution in [1.29, 1.82) is 0 Å². The molecular weight excluding hydrogens is 190 g/mol. The third-order valence-electron chi connectivity index (χ3n) is 1.97. The summed E-state index contributed by atoms with van der Waals surface area (Å²) in [7, 11) is 0. The maximum absolute atomic E-state index is 5.64. The van der Waals surface area contributed by atoms with E-state index in [1.165, 1.54) is 0 Å². The minimum Gasteiger partial charge on any atom is -0.493 e. The Morgan fingerprint density at radius 1 is 1.33 bits per heavy atom. The smallest absolute Gasteiger partial charge is 0.164 e. The molecule has 0 spiro atoms. The lowest BCUT2D eigenvalue weighted by atomic mass is 10.2. The van der Waals surface area contributed by atoms with Crippen LogP contribution in [-0.2, 0) is 0 Å². The molecule has 0 saturated heterocycles. The fourth-order valence-electron chi connectivity index (χ4n) is 1.18. The van der Waals surface area contributed by atoms with Crippen LogP contribution in [-0.4, -0.2) is 13.3 Å². The van der Waals surface area contributed by atoms with Crippen molar-refractivity contribution in [2.45, 2.75) is 20.8 Å². The SMILES string of the molecule is C=NOc1cccc(OCC(C)C)c1C. The van der Waals surface area contributed by atoms with Crippen LogP contribution in [0.25, 0.3) is 0 Å². The van der Waals surface area contributed by atoms with E-state index in [1.807, 2.05) is 25.1 Å². The summed E-state index contributed by atoms with van der Waals surface area (Å²) >= 11 is 0. The second-order valence-corrected chi connectivity index (χ2v) is 3.80. The molecule has 0 unspecified atom stereocenters. The number of oxime groups is 1. The Bertz CT molecular complexity index is 334. The van der Waals surface area contributed by atoms with E-state index in [4.69, 9.17) is 9.57 Å². The first-order valence-corrected chi connectivity index (χ1v) is 5.00. The average molecular weight is 207 g/mol. The maximum atomic E-state index is 5.64. The Balaban J connectivity index is 2.79. The number of rotatable bonds is 5. The molecule has 0 atom stereocenters. The molecule has 0 aliphatic carbocycles. The summed E-state index contributed by atoms with van der Waals surface area (Å²) in [5.41, 5.74) is 0.950. The van der Waals surface area contributed by atoms with Gasteiger partial charge in [0.2, 0.25) is 0 Å². The van der Waals surface area contributed by atoms with Crippen LogP contribution in [0, 0.1) is 12.8 Å². The number of hydrogen-bond donors (Lipinski definition) is 0. The van der Waals surface area contributed by atoms with E-state index >= 15 is 0 Å². The lowest BCUT2D eigenvalue weighted by molar-refractivity contribution is 0.266. The molecule has 1 aromatic carbocycles. The fourth-order valence-corrected chi connectivity index (χ4v) is 1.18. The highest BCUT2D eigenvalue weighted by atomic mass is 16.6. The first-order chi connectivity index (χ1) is 7.15. The Labute approximate surface area is 90.7 Å². The monoisotopic (exact) mass is 207 g/mol. The highest BCUT2D eigenvalue weighted by molar-refractivity contribution is 5.43. The van der Waals surface area contributed by atoms with Crippen LogP contribution in [0.5, 0.6) is 11.5 Å². The van der Waals surface area contributed by atoms with E-state index < -0.39 is 0 Å². The fraction of sp³-hybridized carbons (Fsp3) is 0.417. The molecule has 15 heavy (non-hydrogen) atoms. The molecule has 0 bridgehead atoms. The van der Waals surface area contributed by atoms with Gasteiger partial charge in [0.1, 0.15) is 5.75 Å². The molecule has 1 aromatic rings. The lowest BCUT2D eigenvalue weighted by Crippen LogP contribution is -2.05. The summed E-state index contributed by atoms with van der Waals surface area (Å²) in [5.74, 6) is 2.03. The van der Waals surface area contributed by atoms with Crippen molar-refractivity contribution in [1.82, 2.24) is 0 Å². The van der Waals surface area contributed by atoms with Crippen molar-refractivity contribution in [2.24, 2.45) is 11.1 Å². The van der Waals surface area contributed by atoms with E-state index in [9.17, 15) is 0 Å². The lowest BCUT2D eigenvalue weighted by Gasteiger charge is -2.12. The van der Waals surface area contributed by atoms with Gasteiger partial charge in [-0.1, -0.05) is 25.1 Å². The zero-order valence-electron chi connectivity index (χ0n) is 9.49. The Hall–Kier alpha value is -1.51. The first-order valence-electron chi connectivity index (χ1n) is 5.00. The van der Waals surface area contributed by atoms with Crippen molar-refractivity contribution < 1.29 is 9.57 Å². The van der Waals surface area contributed by atoms with Crippen LogP contribution in [0.3, 0.4) is 0 Å². The van der Waals surface area contributed by atoms with Crippen molar-refractivity contribution >= 4 is 6.72 Å². The molecule has 0 radical (unpaired) electrons. The molecular formula is C12H17NO2. The van der Waals surface area contributed by atoms with Crippen LogP contribution in [0.1, 0.15) is 19.4 Å². The Kier molecular flexibility index (Phi) is 4.16. The van der Waals surface area contributed by atoms with Gasteiger partial charge in [-0.15, -0.1) is 0 Å². The molecule has 3 nitrogen and oxygen atoms in total. The summed E-state index contributed by atoms with van der Waals surface area (Å²) < 4.78 is 5.64. The van der Waals surface area contributed by atoms with Gasteiger partial charge in [-0.2, -0.15) is 0 Å². The average Bonchev–Trinajstić information content (AvgIpc) is 2.19. The van der Waals surface area contributed by atoms with Gasteiger partial charge in [0.15, 0.2) is 5.75 Å². The highest BCUT2D eigenvalue weighted by Crippen LogP contribution is 2.27. The van der Waals surface area contributed by atoms with Gasteiger partial charge in [-0.25, -0.2) is 0 Å². The normalized spacial score (nSPS) is 10.1. The summed E-state index contributed by atoms with van der Waals surface area (Å²) in [6.07, 6.45) is 0. The van der Waals surface area contributed by atoms with Crippen LogP contribution in [0.2, 0.25) is 0 Å². The zero-order chi connectivity index (χ0) is 11.3. The molecule has 0 amide bonds. The van der Waals surface area contributed by atoms with Crippen LogP contribution >= 0.6 is 0 Å². The molecule has 0 N–H and O–H groups in total. The van der Waals surface area contributed by atoms with Gasteiger partial charge in [0.05, 0.1) is 6.61 Å². The van der Waals surface area contributed by atoms with Crippen LogP contribution in [0.15, 0.2) is 23.4 Å². The van der Waals surface area contributed by atoms with Crippen molar-refractivity contribution in [2.75, 3.05) is 6.61 Å². The van der Waals surface area contributed by atoms with Gasteiger partial charge in [0.25, 0.3) is 0 Å². The van der Waals surface area contributed by atoms with Gasteiger partial charge in [-0.05, 0) is 25.0 Å². The largest absolute Gasteiger partial charge is 0.493 e.